The molecule has 0 aliphatic heterocycles. The van der Waals surface area contributed by atoms with Crippen LogP contribution in [0.5, 0.6) is 5.75 Å². The predicted octanol–water partition coefficient (Wildman–Crippen LogP) is 4.91. The Labute approximate surface area is 141 Å². The Morgan fingerprint density at radius 3 is 2.71 bits per heavy atom. The summed E-state index contributed by atoms with van der Waals surface area (Å²) < 4.78 is 2.18. The zero-order chi connectivity index (χ0) is 14.7. The molecule has 3 aromatic rings. The molecule has 3 nitrogen and oxygen atoms in total. The first kappa shape index (κ1) is 14.6. The van der Waals surface area contributed by atoms with Crippen LogP contribution in [0.25, 0.3) is 20.8 Å². The zero-order valence-electron chi connectivity index (χ0n) is 11.3. The van der Waals surface area contributed by atoms with Crippen molar-refractivity contribution in [1.82, 2.24) is 4.98 Å². The largest absolute Gasteiger partial charge is 0.508 e. The number of alkyl halides is 1. The van der Waals surface area contributed by atoms with Crippen LogP contribution in [0.4, 0.5) is 5.69 Å². The SMILES string of the molecule is Oc1ccc2nc(-c3ccc(NCCCI)cc3)sc2c1. The molecule has 0 radical (unpaired) electrons. The van der Waals surface area contributed by atoms with Gasteiger partial charge in [0, 0.05) is 22.2 Å². The minimum atomic E-state index is 0.285. The second-order valence-electron chi connectivity index (χ2n) is 4.72. The Morgan fingerprint density at radius 1 is 1.14 bits per heavy atom. The number of halogens is 1. The van der Waals surface area contributed by atoms with E-state index >= 15 is 0 Å². The van der Waals surface area contributed by atoms with Crippen LogP contribution in [0.2, 0.25) is 0 Å². The molecule has 1 aromatic heterocycles. The molecule has 21 heavy (non-hydrogen) atoms. The lowest BCUT2D eigenvalue weighted by molar-refractivity contribution is 0.476. The van der Waals surface area contributed by atoms with Crippen LogP contribution in [0.3, 0.4) is 0 Å². The van der Waals surface area contributed by atoms with Gasteiger partial charge in [-0.05, 0) is 48.9 Å². The lowest BCUT2D eigenvalue weighted by atomic mass is 10.2. The summed E-state index contributed by atoms with van der Waals surface area (Å²) >= 11 is 3.99. The number of nitrogens with zero attached hydrogens (tertiary/aromatic N) is 1. The molecule has 2 N–H and O–H groups in total. The van der Waals surface area contributed by atoms with E-state index in [1.165, 1.54) is 10.8 Å². The van der Waals surface area contributed by atoms with Gasteiger partial charge in [0.05, 0.1) is 10.2 Å². The fourth-order valence-corrected chi connectivity index (χ4v) is 3.45. The van der Waals surface area contributed by atoms with E-state index in [0.29, 0.717) is 0 Å². The molecule has 0 spiro atoms. The fraction of sp³-hybridized carbons (Fsp3) is 0.188. The summed E-state index contributed by atoms with van der Waals surface area (Å²) in [5.74, 6) is 0.285. The van der Waals surface area contributed by atoms with Crippen LogP contribution < -0.4 is 5.32 Å². The van der Waals surface area contributed by atoms with Gasteiger partial charge in [-0.2, -0.15) is 0 Å². The van der Waals surface area contributed by atoms with Crippen molar-refractivity contribution in [3.8, 4) is 16.3 Å². The Hall–Kier alpha value is -1.34. The number of phenolic OH excluding ortho intramolecular Hbond substituents is 1. The Kier molecular flexibility index (Phi) is 4.60. The van der Waals surface area contributed by atoms with Crippen LogP contribution >= 0.6 is 33.9 Å². The molecule has 0 saturated heterocycles. The number of aromatic nitrogens is 1. The third kappa shape index (κ3) is 3.47. The maximum Gasteiger partial charge on any atom is 0.124 e. The zero-order valence-corrected chi connectivity index (χ0v) is 14.3. The molecule has 0 saturated carbocycles. The number of phenols is 1. The lowest BCUT2D eigenvalue weighted by Crippen LogP contribution is -2.01. The number of hydrogen-bond donors (Lipinski definition) is 2. The Balaban J connectivity index is 1.81. The van der Waals surface area contributed by atoms with E-state index in [4.69, 9.17) is 0 Å². The lowest BCUT2D eigenvalue weighted by Gasteiger charge is -2.05. The maximum absolute atomic E-state index is 9.52. The summed E-state index contributed by atoms with van der Waals surface area (Å²) in [6, 6.07) is 13.6. The maximum atomic E-state index is 9.52. The highest BCUT2D eigenvalue weighted by molar-refractivity contribution is 14.1. The molecule has 0 fully saturated rings. The van der Waals surface area contributed by atoms with E-state index in [1.807, 2.05) is 6.07 Å². The predicted molar refractivity (Wildman–Crippen MR) is 98.7 cm³/mol. The van der Waals surface area contributed by atoms with Gasteiger partial charge in [-0.15, -0.1) is 11.3 Å². The summed E-state index contributed by atoms with van der Waals surface area (Å²) in [5.41, 5.74) is 3.18. The van der Waals surface area contributed by atoms with Crippen molar-refractivity contribution in [2.45, 2.75) is 6.42 Å². The van der Waals surface area contributed by atoms with Crippen molar-refractivity contribution in [2.75, 3.05) is 16.3 Å². The average molecular weight is 410 g/mol. The van der Waals surface area contributed by atoms with Crippen molar-refractivity contribution in [1.29, 1.82) is 0 Å². The molecular formula is C16H15IN2OS. The highest BCUT2D eigenvalue weighted by Crippen LogP contribution is 2.32. The molecular weight excluding hydrogens is 395 g/mol. The number of fused-ring (bicyclic) bond motifs is 1. The van der Waals surface area contributed by atoms with E-state index in [1.54, 1.807) is 23.5 Å². The third-order valence-corrected chi connectivity index (χ3v) is 4.97. The number of benzene rings is 2. The fourth-order valence-electron chi connectivity index (χ4n) is 2.07. The second-order valence-corrected chi connectivity index (χ2v) is 6.83. The number of nitrogens with one attached hydrogen (secondary N) is 1. The van der Waals surface area contributed by atoms with Gasteiger partial charge in [0.25, 0.3) is 0 Å². The highest BCUT2D eigenvalue weighted by Gasteiger charge is 2.06. The quantitative estimate of drug-likeness (QED) is 0.357. The molecule has 0 atom stereocenters. The minimum Gasteiger partial charge on any atom is -0.508 e. The van der Waals surface area contributed by atoms with Gasteiger partial charge >= 0.3 is 0 Å². The van der Waals surface area contributed by atoms with Crippen molar-refractivity contribution in [3.63, 3.8) is 0 Å². The van der Waals surface area contributed by atoms with E-state index in [0.717, 1.165) is 33.0 Å². The smallest absolute Gasteiger partial charge is 0.124 e. The van der Waals surface area contributed by atoms with Crippen molar-refractivity contribution in [2.24, 2.45) is 0 Å². The topological polar surface area (TPSA) is 45.2 Å². The van der Waals surface area contributed by atoms with Crippen LogP contribution in [0, 0.1) is 0 Å². The molecule has 0 bridgehead atoms. The Bertz CT molecular complexity index is 740. The van der Waals surface area contributed by atoms with Crippen molar-refractivity contribution >= 4 is 49.8 Å². The van der Waals surface area contributed by atoms with Crippen molar-refractivity contribution in [3.05, 3.63) is 42.5 Å². The number of anilines is 1. The minimum absolute atomic E-state index is 0.285. The van der Waals surface area contributed by atoms with Gasteiger partial charge in [-0.1, -0.05) is 22.6 Å². The molecule has 0 amide bonds. The molecule has 0 unspecified atom stereocenters. The molecule has 0 aliphatic rings. The summed E-state index contributed by atoms with van der Waals surface area (Å²) in [5, 5.41) is 13.9. The standard InChI is InChI=1S/C16H15IN2OS/c17-8-1-9-18-12-4-2-11(3-5-12)16-19-14-7-6-13(20)10-15(14)21-16/h2-7,10,18,20H,1,8-9H2. The molecule has 2 aromatic carbocycles. The van der Waals surface area contributed by atoms with E-state index in [9.17, 15) is 5.11 Å². The third-order valence-electron chi connectivity index (χ3n) is 3.14. The first-order valence-corrected chi connectivity index (χ1v) is 9.10. The van der Waals surface area contributed by atoms with Crippen molar-refractivity contribution < 1.29 is 5.11 Å². The normalized spacial score (nSPS) is 10.9. The van der Waals surface area contributed by atoms with Crippen LogP contribution in [-0.2, 0) is 0 Å². The first-order chi connectivity index (χ1) is 10.3. The van der Waals surface area contributed by atoms with Gasteiger partial charge < -0.3 is 10.4 Å². The van der Waals surface area contributed by atoms with E-state index in [-0.39, 0.29) is 5.75 Å². The molecule has 5 heteroatoms. The van der Waals surface area contributed by atoms with Gasteiger partial charge in [0.2, 0.25) is 0 Å². The number of aromatic hydroxyl groups is 1. The average Bonchev–Trinajstić information content (AvgIpc) is 2.91. The van der Waals surface area contributed by atoms with Crippen LogP contribution in [0.1, 0.15) is 6.42 Å². The molecule has 1 heterocycles. The summed E-state index contributed by atoms with van der Waals surface area (Å²) in [6.07, 6.45) is 1.17. The van der Waals surface area contributed by atoms with E-state index in [2.05, 4.69) is 57.2 Å². The molecule has 108 valence electrons. The second kappa shape index (κ2) is 6.62. The monoisotopic (exact) mass is 410 g/mol. The van der Waals surface area contributed by atoms with Gasteiger partial charge in [-0.25, -0.2) is 4.98 Å². The Morgan fingerprint density at radius 2 is 1.95 bits per heavy atom. The van der Waals surface area contributed by atoms with E-state index < -0.39 is 0 Å². The van der Waals surface area contributed by atoms with Crippen LogP contribution in [-0.4, -0.2) is 21.1 Å². The van der Waals surface area contributed by atoms with Crippen LogP contribution in [0.15, 0.2) is 42.5 Å². The molecule has 0 aliphatic carbocycles. The summed E-state index contributed by atoms with van der Waals surface area (Å²) in [4.78, 5) is 4.62. The number of thiazole rings is 1. The number of hydrogen-bond acceptors (Lipinski definition) is 4. The van der Waals surface area contributed by atoms with Gasteiger partial charge in [0.15, 0.2) is 0 Å². The van der Waals surface area contributed by atoms with Gasteiger partial charge in [-0.3, -0.25) is 0 Å². The van der Waals surface area contributed by atoms with Gasteiger partial charge in [0.1, 0.15) is 10.8 Å². The first-order valence-electron chi connectivity index (χ1n) is 6.76. The molecule has 3 rings (SSSR count). The number of rotatable bonds is 5. The summed E-state index contributed by atoms with van der Waals surface area (Å²) in [6.45, 7) is 1.00. The summed E-state index contributed by atoms with van der Waals surface area (Å²) in [7, 11) is 0. The highest BCUT2D eigenvalue weighted by atomic mass is 127.